The highest BCUT2D eigenvalue weighted by Gasteiger charge is 2.13. The van der Waals surface area contributed by atoms with Gasteiger partial charge in [0.15, 0.2) is 0 Å². The molecule has 2 aromatic carbocycles. The molecule has 1 N–H and O–H groups in total. The number of anilines is 1. The van der Waals surface area contributed by atoms with Crippen LogP contribution in [-0.2, 0) is 0 Å². The molecule has 0 aliphatic carbocycles. The van der Waals surface area contributed by atoms with Gasteiger partial charge in [0, 0.05) is 5.56 Å². The van der Waals surface area contributed by atoms with Crippen LogP contribution in [0.5, 0.6) is 0 Å². The van der Waals surface area contributed by atoms with Gasteiger partial charge in [0.25, 0.3) is 5.91 Å². The van der Waals surface area contributed by atoms with E-state index in [9.17, 15) is 9.18 Å². The van der Waals surface area contributed by atoms with E-state index >= 15 is 0 Å². The molecule has 0 saturated heterocycles. The normalized spacial score (nSPS) is 9.90. The molecule has 3 nitrogen and oxygen atoms in total. The Labute approximate surface area is 116 Å². The predicted octanol–water partition coefficient (Wildman–Crippen LogP) is 3.57. The maximum Gasteiger partial charge on any atom is 0.255 e. The number of aryl methyl sites for hydroxylation is 2. The van der Waals surface area contributed by atoms with Crippen molar-refractivity contribution in [3.8, 4) is 6.07 Å². The fourth-order valence-electron chi connectivity index (χ4n) is 2.00. The van der Waals surface area contributed by atoms with Crippen LogP contribution in [0.25, 0.3) is 0 Å². The Bertz CT molecular complexity index is 717. The number of hydrogen-bond acceptors (Lipinski definition) is 2. The summed E-state index contributed by atoms with van der Waals surface area (Å²) >= 11 is 0. The number of benzene rings is 2. The lowest BCUT2D eigenvalue weighted by molar-refractivity contribution is 0.102. The molecule has 1 amide bonds. The van der Waals surface area contributed by atoms with E-state index in [1.54, 1.807) is 12.1 Å². The summed E-state index contributed by atoms with van der Waals surface area (Å²) in [6.45, 7) is 3.77. The van der Waals surface area contributed by atoms with Crippen molar-refractivity contribution < 1.29 is 9.18 Å². The Morgan fingerprint density at radius 3 is 2.65 bits per heavy atom. The highest BCUT2D eigenvalue weighted by Crippen LogP contribution is 2.19. The Hall–Kier alpha value is -2.67. The highest BCUT2D eigenvalue weighted by molar-refractivity contribution is 6.05. The van der Waals surface area contributed by atoms with Crippen molar-refractivity contribution in [3.63, 3.8) is 0 Å². The summed E-state index contributed by atoms with van der Waals surface area (Å²) in [5.74, 6) is -1.00. The number of halogens is 1. The van der Waals surface area contributed by atoms with Gasteiger partial charge >= 0.3 is 0 Å². The van der Waals surface area contributed by atoms with Crippen molar-refractivity contribution >= 4 is 11.6 Å². The highest BCUT2D eigenvalue weighted by atomic mass is 19.1. The number of amides is 1. The molecule has 0 saturated carbocycles. The van der Waals surface area contributed by atoms with Gasteiger partial charge in [-0.3, -0.25) is 4.79 Å². The lowest BCUT2D eigenvalue weighted by Gasteiger charge is -2.10. The predicted molar refractivity (Wildman–Crippen MR) is 75.0 cm³/mol. The van der Waals surface area contributed by atoms with E-state index in [-0.39, 0.29) is 17.2 Å². The second-order valence-electron chi connectivity index (χ2n) is 4.55. The molecule has 2 rings (SSSR count). The minimum absolute atomic E-state index is 0.161. The molecule has 4 heteroatoms. The average Bonchev–Trinajstić information content (AvgIpc) is 2.38. The number of carbonyl (C=O) groups excluding carboxylic acids is 1. The summed E-state index contributed by atoms with van der Waals surface area (Å²) in [5.41, 5.74) is 2.41. The van der Waals surface area contributed by atoms with Crippen LogP contribution in [0.1, 0.15) is 27.0 Å². The molecule has 0 fully saturated rings. The smallest absolute Gasteiger partial charge is 0.255 e. The molecule has 0 spiro atoms. The number of nitrogens with zero attached hydrogens (tertiary/aromatic N) is 1. The van der Waals surface area contributed by atoms with Crippen molar-refractivity contribution in [3.05, 3.63) is 64.5 Å². The lowest BCUT2D eigenvalue weighted by Crippen LogP contribution is -2.14. The van der Waals surface area contributed by atoms with Crippen LogP contribution in [0.2, 0.25) is 0 Å². The van der Waals surface area contributed by atoms with Crippen molar-refractivity contribution in [2.24, 2.45) is 0 Å². The first kappa shape index (κ1) is 13.8. The van der Waals surface area contributed by atoms with Crippen molar-refractivity contribution in [1.29, 1.82) is 5.26 Å². The van der Waals surface area contributed by atoms with E-state index in [1.165, 1.54) is 18.2 Å². The largest absolute Gasteiger partial charge is 0.321 e. The van der Waals surface area contributed by atoms with Crippen molar-refractivity contribution in [2.45, 2.75) is 13.8 Å². The van der Waals surface area contributed by atoms with Crippen LogP contribution >= 0.6 is 0 Å². The summed E-state index contributed by atoms with van der Waals surface area (Å²) in [6.07, 6.45) is 0. The van der Waals surface area contributed by atoms with Gasteiger partial charge in [0.1, 0.15) is 17.4 Å². The third-order valence-corrected chi connectivity index (χ3v) is 3.00. The van der Waals surface area contributed by atoms with Gasteiger partial charge in [-0.15, -0.1) is 0 Å². The third-order valence-electron chi connectivity index (χ3n) is 3.00. The Balaban J connectivity index is 2.33. The maximum atomic E-state index is 13.5. The van der Waals surface area contributed by atoms with E-state index < -0.39 is 5.82 Å². The number of rotatable bonds is 2. The molecular formula is C16H13FN2O. The molecule has 20 heavy (non-hydrogen) atoms. The second kappa shape index (κ2) is 5.54. The summed E-state index contributed by atoms with van der Waals surface area (Å²) in [5, 5.41) is 11.5. The van der Waals surface area contributed by atoms with Gasteiger partial charge in [-0.2, -0.15) is 5.26 Å². The van der Waals surface area contributed by atoms with E-state index in [1.807, 2.05) is 26.0 Å². The van der Waals surface area contributed by atoms with Gasteiger partial charge in [-0.05, 0) is 37.6 Å². The summed E-state index contributed by atoms with van der Waals surface area (Å²) < 4.78 is 13.5. The maximum absolute atomic E-state index is 13.5. The minimum Gasteiger partial charge on any atom is -0.321 e. The minimum atomic E-state index is -0.647. The molecule has 100 valence electrons. The zero-order valence-electron chi connectivity index (χ0n) is 11.2. The third kappa shape index (κ3) is 2.67. The van der Waals surface area contributed by atoms with E-state index in [2.05, 4.69) is 5.32 Å². The fraction of sp³-hybridized carbons (Fsp3) is 0.125. The van der Waals surface area contributed by atoms with Crippen LogP contribution in [-0.4, -0.2) is 5.91 Å². The molecule has 0 aromatic heterocycles. The molecule has 0 bridgehead atoms. The van der Waals surface area contributed by atoms with Crippen molar-refractivity contribution in [2.75, 3.05) is 5.32 Å². The number of carbonyl (C=O) groups is 1. The summed E-state index contributed by atoms with van der Waals surface area (Å²) in [6, 6.07) is 11.3. The second-order valence-corrected chi connectivity index (χ2v) is 4.55. The first-order chi connectivity index (χ1) is 9.52. The zero-order chi connectivity index (χ0) is 14.7. The van der Waals surface area contributed by atoms with Gasteiger partial charge in [0.2, 0.25) is 0 Å². The standard InChI is InChI=1S/C16H13FN2O/c1-10-6-7-12(11(2)8-10)16(20)19-15-5-3-4-14(17)13(15)9-18/h3-8H,1-2H3,(H,19,20). The van der Waals surface area contributed by atoms with Crippen LogP contribution < -0.4 is 5.32 Å². The average molecular weight is 268 g/mol. The Morgan fingerprint density at radius 2 is 2.00 bits per heavy atom. The van der Waals surface area contributed by atoms with Gasteiger partial charge in [0.05, 0.1) is 5.69 Å². The van der Waals surface area contributed by atoms with Crippen molar-refractivity contribution in [1.82, 2.24) is 0 Å². The van der Waals surface area contributed by atoms with Crippen LogP contribution in [0.4, 0.5) is 10.1 Å². The summed E-state index contributed by atoms with van der Waals surface area (Å²) in [7, 11) is 0. The molecule has 0 heterocycles. The fourth-order valence-corrected chi connectivity index (χ4v) is 2.00. The van der Waals surface area contributed by atoms with E-state index in [0.29, 0.717) is 5.56 Å². The van der Waals surface area contributed by atoms with E-state index in [4.69, 9.17) is 5.26 Å². The number of hydrogen-bond donors (Lipinski definition) is 1. The zero-order valence-corrected chi connectivity index (χ0v) is 11.2. The Morgan fingerprint density at radius 1 is 1.25 bits per heavy atom. The Kier molecular flexibility index (Phi) is 3.81. The first-order valence-electron chi connectivity index (χ1n) is 6.10. The first-order valence-corrected chi connectivity index (χ1v) is 6.10. The van der Waals surface area contributed by atoms with Gasteiger partial charge in [-0.25, -0.2) is 4.39 Å². The molecule has 0 aliphatic rings. The van der Waals surface area contributed by atoms with Gasteiger partial charge < -0.3 is 5.32 Å². The topological polar surface area (TPSA) is 52.9 Å². The van der Waals surface area contributed by atoms with Crippen LogP contribution in [0.15, 0.2) is 36.4 Å². The molecule has 0 radical (unpaired) electrons. The van der Waals surface area contributed by atoms with Gasteiger partial charge in [-0.1, -0.05) is 23.8 Å². The number of nitrogens with one attached hydrogen (secondary N) is 1. The number of nitriles is 1. The van der Waals surface area contributed by atoms with Crippen LogP contribution in [0, 0.1) is 31.0 Å². The SMILES string of the molecule is Cc1ccc(C(=O)Nc2cccc(F)c2C#N)c(C)c1. The molecular weight excluding hydrogens is 255 g/mol. The monoisotopic (exact) mass is 268 g/mol. The molecule has 0 aliphatic heterocycles. The molecule has 0 unspecified atom stereocenters. The summed E-state index contributed by atoms with van der Waals surface area (Å²) in [4.78, 5) is 12.2. The lowest BCUT2D eigenvalue weighted by atomic mass is 10.0. The quantitative estimate of drug-likeness (QED) is 0.905. The molecule has 2 aromatic rings. The van der Waals surface area contributed by atoms with Crippen LogP contribution in [0.3, 0.4) is 0 Å². The molecule has 0 atom stereocenters. The van der Waals surface area contributed by atoms with E-state index in [0.717, 1.165) is 11.1 Å².